The van der Waals surface area contributed by atoms with Gasteiger partial charge in [0, 0.05) is 12.2 Å². The van der Waals surface area contributed by atoms with Gasteiger partial charge in [-0.3, -0.25) is 19.2 Å². The molecule has 1 rings (SSSR count). The van der Waals surface area contributed by atoms with Gasteiger partial charge in [0.1, 0.15) is 23.9 Å². The van der Waals surface area contributed by atoms with Crippen LogP contribution in [0.1, 0.15) is 12.0 Å². The summed E-state index contributed by atoms with van der Waals surface area (Å²) < 4.78 is 0. The number of carboxylic acid groups (broad SMARTS) is 1. The lowest BCUT2D eigenvalue weighted by atomic mass is 10.0. The molecule has 0 aliphatic carbocycles. The SMILES string of the molecule is NC(=O)CC(NC(=O)C(Cc1ccc(O)cc1)NC(=O)C(CO)NC(=O)C(N)CS)C(=O)O. The van der Waals surface area contributed by atoms with Crippen molar-refractivity contribution in [2.45, 2.75) is 37.0 Å². The smallest absolute Gasteiger partial charge is 0.326 e. The van der Waals surface area contributed by atoms with Crippen LogP contribution in [-0.4, -0.2) is 81.4 Å². The van der Waals surface area contributed by atoms with E-state index in [4.69, 9.17) is 11.5 Å². The molecule has 14 heteroatoms. The zero-order valence-electron chi connectivity index (χ0n) is 17.4. The van der Waals surface area contributed by atoms with Crippen molar-refractivity contribution in [3.8, 4) is 5.75 Å². The fraction of sp³-hybridized carbons (Fsp3) is 0.421. The van der Waals surface area contributed by atoms with E-state index in [9.17, 15) is 39.3 Å². The monoisotopic (exact) mass is 485 g/mol. The Morgan fingerprint density at radius 2 is 1.42 bits per heavy atom. The van der Waals surface area contributed by atoms with Crippen LogP contribution in [0, 0.1) is 0 Å². The van der Waals surface area contributed by atoms with Gasteiger partial charge in [0.15, 0.2) is 0 Å². The van der Waals surface area contributed by atoms with Gasteiger partial charge >= 0.3 is 5.97 Å². The topological polar surface area (TPSA) is 234 Å². The predicted molar refractivity (Wildman–Crippen MR) is 118 cm³/mol. The van der Waals surface area contributed by atoms with Gasteiger partial charge in [0.2, 0.25) is 23.6 Å². The maximum atomic E-state index is 12.8. The highest BCUT2D eigenvalue weighted by molar-refractivity contribution is 7.80. The first-order valence-electron chi connectivity index (χ1n) is 9.65. The molecule has 1 aromatic carbocycles. The van der Waals surface area contributed by atoms with Crippen LogP contribution >= 0.6 is 12.6 Å². The highest BCUT2D eigenvalue weighted by Gasteiger charge is 2.30. The number of carbonyl (C=O) groups is 5. The van der Waals surface area contributed by atoms with E-state index in [2.05, 4.69) is 28.6 Å². The molecule has 0 saturated carbocycles. The molecule has 4 unspecified atom stereocenters. The molecule has 0 saturated heterocycles. The van der Waals surface area contributed by atoms with Crippen LogP contribution < -0.4 is 27.4 Å². The van der Waals surface area contributed by atoms with Gasteiger partial charge in [-0.1, -0.05) is 12.1 Å². The van der Waals surface area contributed by atoms with Crippen molar-refractivity contribution in [1.29, 1.82) is 0 Å². The number of hydrogen-bond acceptors (Lipinski definition) is 9. The minimum Gasteiger partial charge on any atom is -0.508 e. The second kappa shape index (κ2) is 13.2. The second-order valence-corrected chi connectivity index (χ2v) is 7.40. The number of primary amides is 1. The van der Waals surface area contributed by atoms with Crippen LogP contribution in [0.25, 0.3) is 0 Å². The number of amides is 4. The van der Waals surface area contributed by atoms with Crippen molar-refractivity contribution >= 4 is 42.2 Å². The molecular weight excluding hydrogens is 458 g/mol. The number of carbonyl (C=O) groups excluding carboxylic acids is 4. The number of aromatic hydroxyl groups is 1. The molecule has 182 valence electrons. The summed E-state index contributed by atoms with van der Waals surface area (Å²) >= 11 is 3.87. The lowest BCUT2D eigenvalue weighted by molar-refractivity contribution is -0.143. The molecule has 33 heavy (non-hydrogen) atoms. The number of nitrogens with one attached hydrogen (secondary N) is 3. The maximum Gasteiger partial charge on any atom is 0.326 e. The Balaban J connectivity index is 3.07. The van der Waals surface area contributed by atoms with E-state index in [0.717, 1.165) is 0 Å². The number of thiol groups is 1. The van der Waals surface area contributed by atoms with E-state index in [0.29, 0.717) is 5.56 Å². The number of aliphatic hydroxyl groups is 1. The summed E-state index contributed by atoms with van der Waals surface area (Å²) in [5.74, 6) is -5.21. The molecule has 4 atom stereocenters. The lowest BCUT2D eigenvalue weighted by Crippen LogP contribution is -2.58. The molecule has 0 aliphatic heterocycles. The fourth-order valence-corrected chi connectivity index (χ4v) is 2.74. The maximum absolute atomic E-state index is 12.8. The number of nitrogens with two attached hydrogens (primary N) is 2. The molecule has 0 spiro atoms. The van der Waals surface area contributed by atoms with Crippen LogP contribution in [0.2, 0.25) is 0 Å². The van der Waals surface area contributed by atoms with Gasteiger partial charge in [-0.15, -0.1) is 0 Å². The van der Waals surface area contributed by atoms with Gasteiger partial charge in [0.25, 0.3) is 0 Å². The van der Waals surface area contributed by atoms with Gasteiger partial charge in [-0.05, 0) is 17.7 Å². The Kier molecular flexibility index (Phi) is 11.1. The van der Waals surface area contributed by atoms with E-state index in [-0.39, 0.29) is 17.9 Å². The van der Waals surface area contributed by atoms with Crippen molar-refractivity contribution in [3.63, 3.8) is 0 Å². The number of rotatable bonds is 13. The van der Waals surface area contributed by atoms with Crippen LogP contribution in [0.15, 0.2) is 24.3 Å². The Hall–Kier alpha value is -3.36. The third kappa shape index (κ3) is 9.34. The largest absolute Gasteiger partial charge is 0.508 e. The average Bonchev–Trinajstić information content (AvgIpc) is 2.76. The number of hydrogen-bond donors (Lipinski definition) is 9. The molecule has 0 heterocycles. The highest BCUT2D eigenvalue weighted by Crippen LogP contribution is 2.12. The standard InChI is InChI=1S/C19H27N5O8S/c20-11(8-33)16(28)24-14(7-25)18(30)22-12(5-9-1-3-10(26)4-2-9)17(29)23-13(19(31)32)6-15(21)27/h1-4,11-14,25-26,33H,5-8,20H2,(H2,21,27)(H,22,30)(H,23,29)(H,24,28)(H,31,32). The number of benzene rings is 1. The normalized spacial score (nSPS) is 14.3. The first kappa shape index (κ1) is 27.7. The minimum absolute atomic E-state index is 0.0199. The predicted octanol–water partition coefficient (Wildman–Crippen LogP) is -3.40. The number of phenols is 1. The summed E-state index contributed by atoms with van der Waals surface area (Å²) in [6.45, 7) is -0.816. The highest BCUT2D eigenvalue weighted by atomic mass is 32.1. The molecular formula is C19H27N5O8S. The summed E-state index contributed by atoms with van der Waals surface area (Å²) in [4.78, 5) is 59.8. The second-order valence-electron chi connectivity index (χ2n) is 7.03. The van der Waals surface area contributed by atoms with E-state index < -0.39 is 66.8 Å². The molecule has 0 radical (unpaired) electrons. The van der Waals surface area contributed by atoms with Crippen LogP contribution in [0.3, 0.4) is 0 Å². The molecule has 10 N–H and O–H groups in total. The van der Waals surface area contributed by atoms with Crippen LogP contribution in [0.5, 0.6) is 5.75 Å². The number of aliphatic hydroxyl groups excluding tert-OH is 1. The third-order valence-corrected chi connectivity index (χ3v) is 4.77. The van der Waals surface area contributed by atoms with Crippen LogP contribution in [-0.2, 0) is 30.4 Å². The quantitative estimate of drug-likeness (QED) is 0.126. The van der Waals surface area contributed by atoms with Crippen molar-refractivity contribution < 1.29 is 39.3 Å². The van der Waals surface area contributed by atoms with Crippen molar-refractivity contribution in [3.05, 3.63) is 29.8 Å². The number of aliphatic carboxylic acids is 1. The lowest BCUT2D eigenvalue weighted by Gasteiger charge is -2.24. The molecule has 0 bridgehead atoms. The summed E-state index contributed by atoms with van der Waals surface area (Å²) in [5, 5.41) is 34.8. The molecule has 0 aromatic heterocycles. The molecule has 0 aliphatic rings. The summed E-state index contributed by atoms with van der Waals surface area (Å²) in [7, 11) is 0. The van der Waals surface area contributed by atoms with Crippen molar-refractivity contribution in [1.82, 2.24) is 16.0 Å². The Bertz CT molecular complexity index is 866. The third-order valence-electron chi connectivity index (χ3n) is 4.38. The zero-order chi connectivity index (χ0) is 25.1. The summed E-state index contributed by atoms with van der Waals surface area (Å²) in [5.41, 5.74) is 11.0. The van der Waals surface area contributed by atoms with Gasteiger partial charge in [-0.2, -0.15) is 12.6 Å². The Morgan fingerprint density at radius 3 is 1.91 bits per heavy atom. The van der Waals surface area contributed by atoms with E-state index in [1.54, 1.807) is 0 Å². The molecule has 4 amide bonds. The Labute approximate surface area is 194 Å². The van der Waals surface area contributed by atoms with Crippen LogP contribution in [0.4, 0.5) is 0 Å². The first-order valence-corrected chi connectivity index (χ1v) is 10.3. The van der Waals surface area contributed by atoms with E-state index in [1.807, 2.05) is 0 Å². The van der Waals surface area contributed by atoms with E-state index >= 15 is 0 Å². The van der Waals surface area contributed by atoms with Crippen molar-refractivity contribution in [2.24, 2.45) is 11.5 Å². The van der Waals surface area contributed by atoms with Gasteiger partial charge in [0.05, 0.1) is 19.1 Å². The van der Waals surface area contributed by atoms with Gasteiger partial charge < -0.3 is 42.7 Å². The molecule has 0 fully saturated rings. The molecule has 13 nitrogen and oxygen atoms in total. The first-order chi connectivity index (χ1) is 15.5. The summed E-state index contributed by atoms with van der Waals surface area (Å²) in [6.07, 6.45) is -0.832. The number of carboxylic acids is 1. The molecule has 1 aromatic rings. The summed E-state index contributed by atoms with van der Waals surface area (Å²) in [6, 6.07) is 0.102. The fourth-order valence-electron chi connectivity index (χ4n) is 2.58. The minimum atomic E-state index is -1.64. The average molecular weight is 486 g/mol. The van der Waals surface area contributed by atoms with Crippen molar-refractivity contribution in [2.75, 3.05) is 12.4 Å². The van der Waals surface area contributed by atoms with E-state index in [1.165, 1.54) is 24.3 Å². The Morgan fingerprint density at radius 1 is 0.909 bits per heavy atom. The zero-order valence-corrected chi connectivity index (χ0v) is 18.3. The van der Waals surface area contributed by atoms with Gasteiger partial charge in [-0.25, -0.2) is 4.79 Å². The number of phenolic OH excluding ortho intramolecular Hbond substituents is 1.